The summed E-state index contributed by atoms with van der Waals surface area (Å²) in [6.45, 7) is 8.63. The van der Waals surface area contributed by atoms with Gasteiger partial charge in [-0.05, 0) is 53.6 Å². The summed E-state index contributed by atoms with van der Waals surface area (Å²) >= 11 is 1.50. The lowest BCUT2D eigenvalue weighted by Crippen LogP contribution is -2.28. The standard InChI is InChI=1S/C24H29FN2O2S/c1-16(14-24(2,3)4)11-21(28)26-19-9-5-7-17(12-19)23-27(22(29)15-30-23)20-10-6-8-18(25)13-20/h5-10,12-13,16,23H,11,14-15H2,1-4H3,(H,26,28)/t16-,23-/m1/s1. The molecule has 1 saturated heterocycles. The summed E-state index contributed by atoms with van der Waals surface area (Å²) in [6.07, 6.45) is 1.44. The van der Waals surface area contributed by atoms with E-state index < -0.39 is 0 Å². The largest absolute Gasteiger partial charge is 0.326 e. The third-order valence-electron chi connectivity index (χ3n) is 4.90. The molecule has 4 nitrogen and oxygen atoms in total. The number of hydrogen-bond acceptors (Lipinski definition) is 3. The Labute approximate surface area is 182 Å². The first kappa shape index (κ1) is 22.3. The molecule has 0 spiro atoms. The summed E-state index contributed by atoms with van der Waals surface area (Å²) in [5.41, 5.74) is 2.34. The van der Waals surface area contributed by atoms with Gasteiger partial charge in [0.15, 0.2) is 0 Å². The van der Waals surface area contributed by atoms with Crippen molar-refractivity contribution in [2.24, 2.45) is 11.3 Å². The highest BCUT2D eigenvalue weighted by molar-refractivity contribution is 8.00. The van der Waals surface area contributed by atoms with Crippen LogP contribution in [0.25, 0.3) is 0 Å². The summed E-state index contributed by atoms with van der Waals surface area (Å²) in [5, 5.41) is 2.73. The minimum Gasteiger partial charge on any atom is -0.326 e. The Bertz CT molecular complexity index is 925. The third kappa shape index (κ3) is 5.85. The van der Waals surface area contributed by atoms with Crippen LogP contribution in [0.15, 0.2) is 48.5 Å². The van der Waals surface area contributed by atoms with E-state index >= 15 is 0 Å². The summed E-state index contributed by atoms with van der Waals surface area (Å²) in [4.78, 5) is 26.6. The molecule has 6 heteroatoms. The molecule has 0 unspecified atom stereocenters. The number of nitrogens with zero attached hydrogens (tertiary/aromatic N) is 1. The van der Waals surface area contributed by atoms with Crippen LogP contribution in [0.1, 0.15) is 51.5 Å². The maximum atomic E-state index is 13.7. The van der Waals surface area contributed by atoms with E-state index in [9.17, 15) is 14.0 Å². The van der Waals surface area contributed by atoms with Gasteiger partial charge in [0, 0.05) is 17.8 Å². The van der Waals surface area contributed by atoms with Gasteiger partial charge in [-0.1, -0.05) is 45.9 Å². The highest BCUT2D eigenvalue weighted by atomic mass is 32.2. The third-order valence-corrected chi connectivity index (χ3v) is 6.12. The van der Waals surface area contributed by atoms with Crippen molar-refractivity contribution in [1.29, 1.82) is 0 Å². The highest BCUT2D eigenvalue weighted by Crippen LogP contribution is 2.42. The van der Waals surface area contributed by atoms with Crippen molar-refractivity contribution in [3.8, 4) is 0 Å². The molecule has 2 aromatic rings. The van der Waals surface area contributed by atoms with Gasteiger partial charge in [-0.2, -0.15) is 0 Å². The zero-order valence-electron chi connectivity index (χ0n) is 17.9. The van der Waals surface area contributed by atoms with Crippen molar-refractivity contribution in [2.45, 2.75) is 45.9 Å². The van der Waals surface area contributed by atoms with Gasteiger partial charge in [-0.3, -0.25) is 14.5 Å². The predicted octanol–water partition coefficient (Wildman–Crippen LogP) is 6.01. The first-order valence-corrected chi connectivity index (χ1v) is 11.3. The number of benzene rings is 2. The van der Waals surface area contributed by atoms with E-state index in [1.165, 1.54) is 23.9 Å². The number of carbonyl (C=O) groups excluding carboxylic acids is 2. The number of anilines is 2. The molecule has 1 aliphatic rings. The summed E-state index contributed by atoms with van der Waals surface area (Å²) in [7, 11) is 0. The molecule has 0 aromatic heterocycles. The Hall–Kier alpha value is -2.34. The van der Waals surface area contributed by atoms with E-state index in [4.69, 9.17) is 0 Å². The zero-order chi connectivity index (χ0) is 21.9. The molecule has 2 amide bonds. The number of nitrogens with one attached hydrogen (secondary N) is 1. The molecule has 160 valence electrons. The van der Waals surface area contributed by atoms with Gasteiger partial charge in [-0.25, -0.2) is 4.39 Å². The second-order valence-corrected chi connectivity index (χ2v) is 10.2. The van der Waals surface area contributed by atoms with Crippen molar-refractivity contribution in [1.82, 2.24) is 0 Å². The average Bonchev–Trinajstić information content (AvgIpc) is 3.01. The van der Waals surface area contributed by atoms with E-state index in [1.54, 1.807) is 17.0 Å². The van der Waals surface area contributed by atoms with Crippen LogP contribution in [0.2, 0.25) is 0 Å². The van der Waals surface area contributed by atoms with Gasteiger partial charge in [0.2, 0.25) is 11.8 Å². The number of amides is 2. The van der Waals surface area contributed by atoms with Crippen LogP contribution >= 0.6 is 11.8 Å². The van der Waals surface area contributed by atoms with Crippen molar-refractivity contribution in [3.05, 3.63) is 59.9 Å². The lowest BCUT2D eigenvalue weighted by Gasteiger charge is -2.25. The lowest BCUT2D eigenvalue weighted by molar-refractivity contribution is -0.117. The second kappa shape index (κ2) is 9.21. The van der Waals surface area contributed by atoms with Crippen LogP contribution < -0.4 is 10.2 Å². The molecule has 1 heterocycles. The van der Waals surface area contributed by atoms with Gasteiger partial charge in [0.25, 0.3) is 0 Å². The van der Waals surface area contributed by atoms with Crippen molar-refractivity contribution in [2.75, 3.05) is 16.0 Å². The summed E-state index contributed by atoms with van der Waals surface area (Å²) in [6, 6.07) is 13.6. The van der Waals surface area contributed by atoms with Gasteiger partial charge < -0.3 is 5.32 Å². The molecule has 30 heavy (non-hydrogen) atoms. The van der Waals surface area contributed by atoms with E-state index in [0.717, 1.165) is 12.0 Å². The fourth-order valence-corrected chi connectivity index (χ4v) is 5.16. The molecule has 1 N–H and O–H groups in total. The van der Waals surface area contributed by atoms with Gasteiger partial charge >= 0.3 is 0 Å². The Balaban J connectivity index is 1.73. The first-order valence-electron chi connectivity index (χ1n) is 10.2. The topological polar surface area (TPSA) is 49.4 Å². The summed E-state index contributed by atoms with van der Waals surface area (Å²) < 4.78 is 13.7. The quantitative estimate of drug-likeness (QED) is 0.613. The minimum absolute atomic E-state index is 0.0129. The van der Waals surface area contributed by atoms with Crippen LogP contribution in [-0.4, -0.2) is 17.6 Å². The number of rotatable bonds is 6. The van der Waals surface area contributed by atoms with E-state index in [2.05, 4.69) is 33.0 Å². The normalized spacial score (nSPS) is 17.8. The maximum Gasteiger partial charge on any atom is 0.238 e. The Kier molecular flexibility index (Phi) is 6.86. The number of halogens is 1. The van der Waals surface area contributed by atoms with E-state index in [1.807, 2.05) is 24.3 Å². The number of carbonyl (C=O) groups is 2. The predicted molar refractivity (Wildman–Crippen MR) is 122 cm³/mol. The smallest absolute Gasteiger partial charge is 0.238 e. The fraction of sp³-hybridized carbons (Fsp3) is 0.417. The number of hydrogen-bond donors (Lipinski definition) is 1. The molecule has 0 saturated carbocycles. The molecule has 0 radical (unpaired) electrons. The first-order chi connectivity index (χ1) is 14.1. The van der Waals surface area contributed by atoms with Gasteiger partial charge in [0.1, 0.15) is 11.2 Å². The lowest BCUT2D eigenvalue weighted by atomic mass is 9.84. The van der Waals surface area contributed by atoms with Crippen molar-refractivity contribution in [3.63, 3.8) is 0 Å². The molecule has 3 rings (SSSR count). The SMILES string of the molecule is C[C@H](CC(=O)Nc1cccc([C@H]2SCC(=O)N2c2cccc(F)c2)c1)CC(C)(C)C. The van der Waals surface area contributed by atoms with Crippen LogP contribution in [0.5, 0.6) is 0 Å². The molecular formula is C24H29FN2O2S. The highest BCUT2D eigenvalue weighted by Gasteiger charge is 2.34. The molecule has 0 bridgehead atoms. The molecule has 1 fully saturated rings. The number of thioether (sulfide) groups is 1. The fourth-order valence-electron chi connectivity index (χ4n) is 3.99. The molecule has 1 aliphatic heterocycles. The molecule has 0 aliphatic carbocycles. The van der Waals surface area contributed by atoms with Gasteiger partial charge in [0.05, 0.1) is 5.75 Å². The average molecular weight is 429 g/mol. The zero-order valence-corrected chi connectivity index (χ0v) is 18.8. The van der Waals surface area contributed by atoms with E-state index in [-0.39, 0.29) is 28.4 Å². The molecule has 2 aromatic carbocycles. The monoisotopic (exact) mass is 428 g/mol. The Morgan fingerprint density at radius 1 is 1.23 bits per heavy atom. The second-order valence-electron chi connectivity index (χ2n) is 9.15. The van der Waals surface area contributed by atoms with Crippen LogP contribution in [-0.2, 0) is 9.59 Å². The van der Waals surface area contributed by atoms with Crippen molar-refractivity contribution >= 4 is 35.0 Å². The molecule has 2 atom stereocenters. The van der Waals surface area contributed by atoms with Gasteiger partial charge in [-0.15, -0.1) is 11.8 Å². The maximum absolute atomic E-state index is 13.7. The van der Waals surface area contributed by atoms with Crippen molar-refractivity contribution < 1.29 is 14.0 Å². The summed E-state index contributed by atoms with van der Waals surface area (Å²) in [5.74, 6) is 0.185. The van der Waals surface area contributed by atoms with Crippen LogP contribution in [0.4, 0.5) is 15.8 Å². The van der Waals surface area contributed by atoms with E-state index in [0.29, 0.717) is 29.5 Å². The Morgan fingerprint density at radius 2 is 1.97 bits per heavy atom. The van der Waals surface area contributed by atoms with Crippen LogP contribution in [0.3, 0.4) is 0 Å². The Morgan fingerprint density at radius 3 is 2.67 bits per heavy atom. The van der Waals surface area contributed by atoms with Crippen LogP contribution in [0, 0.1) is 17.2 Å². The minimum atomic E-state index is -0.374. The molecular weight excluding hydrogens is 399 g/mol.